The van der Waals surface area contributed by atoms with Crippen LogP contribution in [0.3, 0.4) is 0 Å². The molecule has 2 aromatic carbocycles. The Kier molecular flexibility index (Phi) is 12.9. The molecule has 2 atom stereocenters. The van der Waals surface area contributed by atoms with Crippen molar-refractivity contribution in [2.45, 2.75) is 37.8 Å². The molecule has 2 fully saturated rings. The van der Waals surface area contributed by atoms with Crippen molar-refractivity contribution in [3.63, 3.8) is 0 Å². The Balaban J connectivity index is 0.000000160. The molecule has 4 aliphatic rings. The average molecular weight is 882 g/mol. The second kappa shape index (κ2) is 19.2. The van der Waals surface area contributed by atoms with Crippen LogP contribution in [0.25, 0.3) is 0 Å². The first-order chi connectivity index (χ1) is 30.8. The van der Waals surface area contributed by atoms with Crippen LogP contribution >= 0.6 is 23.2 Å². The number of carbonyl (C=O) groups excluding carboxylic acids is 2. The van der Waals surface area contributed by atoms with Crippen molar-refractivity contribution < 1.29 is 9.59 Å². The van der Waals surface area contributed by atoms with Gasteiger partial charge < -0.3 is 15.1 Å². The Morgan fingerprint density at radius 1 is 0.587 bits per heavy atom. The number of nitrogens with one attached hydrogen (secondary N) is 1. The van der Waals surface area contributed by atoms with E-state index < -0.39 is 0 Å². The minimum Gasteiger partial charge on any atom is -0.322 e. The van der Waals surface area contributed by atoms with Crippen LogP contribution < -0.4 is 10.2 Å². The van der Waals surface area contributed by atoms with Crippen molar-refractivity contribution in [3.8, 4) is 0 Å². The maximum Gasteiger partial charge on any atom is 0.324 e. The van der Waals surface area contributed by atoms with E-state index in [4.69, 9.17) is 33.2 Å². The summed E-state index contributed by atoms with van der Waals surface area (Å²) in [5.74, 6) is 0. The van der Waals surface area contributed by atoms with Gasteiger partial charge in [0.05, 0.1) is 47.2 Å². The molecule has 63 heavy (non-hydrogen) atoms. The Morgan fingerprint density at radius 2 is 1.08 bits per heavy atom. The van der Waals surface area contributed by atoms with Crippen molar-refractivity contribution in [2.24, 2.45) is 0 Å². The molecule has 2 aliphatic carbocycles. The summed E-state index contributed by atoms with van der Waals surface area (Å²) in [6.07, 6.45) is 14.4. The summed E-state index contributed by atoms with van der Waals surface area (Å²) in [6.45, 7) is 5.80. The molecule has 0 radical (unpaired) electrons. The van der Waals surface area contributed by atoms with Crippen LogP contribution in [0.15, 0.2) is 122 Å². The smallest absolute Gasteiger partial charge is 0.322 e. The first kappa shape index (κ1) is 42.4. The van der Waals surface area contributed by atoms with E-state index in [1.807, 2.05) is 70.7 Å². The molecule has 0 spiro atoms. The van der Waals surface area contributed by atoms with E-state index in [-0.39, 0.29) is 24.1 Å². The number of aryl methyl sites for hydroxylation is 4. The first-order valence-electron chi connectivity index (χ1n) is 21.6. The topological polar surface area (TPSA) is 114 Å². The summed E-state index contributed by atoms with van der Waals surface area (Å²) in [6, 6.07) is 28.3. The predicted molar refractivity (Wildman–Crippen MR) is 247 cm³/mol. The summed E-state index contributed by atoms with van der Waals surface area (Å²) < 4.78 is 0. The van der Waals surface area contributed by atoms with Crippen LogP contribution in [-0.4, -0.2) is 111 Å². The number of hydrogen-bond acceptors (Lipinski definition) is 8. The minimum atomic E-state index is -0.0841. The molecule has 14 heteroatoms. The Hall–Kier alpha value is -5.92. The van der Waals surface area contributed by atoms with E-state index in [1.165, 1.54) is 33.4 Å². The van der Waals surface area contributed by atoms with Crippen LogP contribution in [0.5, 0.6) is 0 Å². The molecule has 4 amide bonds. The normalized spacial score (nSPS) is 18.5. The second-order valence-corrected chi connectivity index (χ2v) is 17.2. The summed E-state index contributed by atoms with van der Waals surface area (Å²) in [7, 11) is 1.80. The van der Waals surface area contributed by atoms with E-state index in [0.29, 0.717) is 31.9 Å². The molecule has 4 aromatic heterocycles. The van der Waals surface area contributed by atoms with Gasteiger partial charge in [-0.3, -0.25) is 34.6 Å². The molecule has 2 unspecified atom stereocenters. The molecule has 2 aliphatic heterocycles. The van der Waals surface area contributed by atoms with Gasteiger partial charge in [-0.1, -0.05) is 47.5 Å². The number of amides is 4. The van der Waals surface area contributed by atoms with Gasteiger partial charge in [-0.25, -0.2) is 9.59 Å². The van der Waals surface area contributed by atoms with Gasteiger partial charge in [0.25, 0.3) is 0 Å². The molecule has 322 valence electrons. The largest absolute Gasteiger partial charge is 0.324 e. The van der Waals surface area contributed by atoms with Crippen LogP contribution in [-0.2, 0) is 25.7 Å². The van der Waals surface area contributed by atoms with E-state index in [2.05, 4.69) is 61.5 Å². The third-order valence-electron chi connectivity index (χ3n) is 12.6. The van der Waals surface area contributed by atoms with Crippen LogP contribution in [0.4, 0.5) is 21.0 Å². The molecular formula is C49H50Cl2N10O2. The molecule has 0 saturated carbocycles. The Bertz CT molecular complexity index is 2550. The zero-order valence-corrected chi connectivity index (χ0v) is 36.8. The van der Waals surface area contributed by atoms with Crippen molar-refractivity contribution in [1.29, 1.82) is 0 Å². The van der Waals surface area contributed by atoms with Gasteiger partial charge in [0, 0.05) is 94.2 Å². The first-order valence-corrected chi connectivity index (χ1v) is 22.4. The number of aromatic nitrogens is 4. The van der Waals surface area contributed by atoms with Gasteiger partial charge in [-0.15, -0.1) is 0 Å². The lowest BCUT2D eigenvalue weighted by Crippen LogP contribution is -2.53. The zero-order chi connectivity index (χ0) is 43.3. The molecule has 10 rings (SSSR count). The molecule has 12 nitrogen and oxygen atoms in total. The lowest BCUT2D eigenvalue weighted by atomic mass is 9.96. The Morgan fingerprint density at radius 3 is 1.59 bits per heavy atom. The number of piperazine rings is 2. The number of carbonyl (C=O) groups is 2. The fourth-order valence-electron chi connectivity index (χ4n) is 9.37. The lowest BCUT2D eigenvalue weighted by Gasteiger charge is -2.40. The molecule has 6 heterocycles. The number of urea groups is 2. The van der Waals surface area contributed by atoms with Gasteiger partial charge >= 0.3 is 12.1 Å². The fraction of sp³-hybridized carbons (Fsp3) is 0.306. The highest BCUT2D eigenvalue weighted by molar-refractivity contribution is 6.31. The third-order valence-corrected chi connectivity index (χ3v) is 13.1. The van der Waals surface area contributed by atoms with Gasteiger partial charge in [-0.2, -0.15) is 0 Å². The highest BCUT2D eigenvalue weighted by atomic mass is 35.5. The van der Waals surface area contributed by atoms with E-state index in [1.54, 1.807) is 36.7 Å². The molecule has 1 N–H and O–H groups in total. The number of hydrogen-bond donors (Lipinski definition) is 1. The lowest BCUT2D eigenvalue weighted by molar-refractivity contribution is 0.122. The van der Waals surface area contributed by atoms with Gasteiger partial charge in [-0.05, 0) is 120 Å². The summed E-state index contributed by atoms with van der Waals surface area (Å²) >= 11 is 12.6. The summed E-state index contributed by atoms with van der Waals surface area (Å²) in [4.78, 5) is 53.9. The third kappa shape index (κ3) is 9.40. The molecular weight excluding hydrogens is 832 g/mol. The number of pyridine rings is 4. The van der Waals surface area contributed by atoms with Gasteiger partial charge in [0.1, 0.15) is 0 Å². The monoisotopic (exact) mass is 880 g/mol. The van der Waals surface area contributed by atoms with Crippen LogP contribution in [0, 0.1) is 0 Å². The quantitative estimate of drug-likeness (QED) is 0.188. The highest BCUT2D eigenvalue weighted by Gasteiger charge is 2.35. The standard InChI is InChI=1S/C25H26ClN5O.C24H24ClN5O/c1-29(21-5-3-10-27-17-21)25(32)31-14-12-30(13-15-31)24-22-9-8-20(26)16-19(22)7-6-18-4-2-11-28-23(18)24;25-19-7-8-21-18(15-19)6-5-17-3-1-10-27-22(17)23(21)29-11-13-30(14-12-29)24(31)28-20-4-2-9-26-16-20/h2-5,8-11,16-17,24H,6-7,12-15H2,1H3;1-4,7-10,15-16,23H,5-6,11-14H2,(H,28,31). The molecule has 0 bridgehead atoms. The van der Waals surface area contributed by atoms with Crippen molar-refractivity contribution in [3.05, 3.63) is 177 Å². The van der Waals surface area contributed by atoms with Crippen molar-refractivity contribution in [1.82, 2.24) is 39.5 Å². The van der Waals surface area contributed by atoms with Crippen LogP contribution in [0.1, 0.15) is 56.9 Å². The molecule has 2 saturated heterocycles. The highest BCUT2D eigenvalue weighted by Crippen LogP contribution is 2.39. The zero-order valence-electron chi connectivity index (χ0n) is 35.3. The average Bonchev–Trinajstić information content (AvgIpc) is 3.59. The van der Waals surface area contributed by atoms with Crippen molar-refractivity contribution in [2.75, 3.05) is 69.6 Å². The summed E-state index contributed by atoms with van der Waals surface area (Å²) in [5, 5.41) is 4.48. The maximum atomic E-state index is 13.0. The number of halogens is 2. The van der Waals surface area contributed by atoms with E-state index in [0.717, 1.165) is 79.0 Å². The van der Waals surface area contributed by atoms with E-state index in [9.17, 15) is 9.59 Å². The SMILES string of the molecule is CN(C(=O)N1CCN(C2c3ccc(Cl)cc3CCc3cccnc32)CC1)c1cccnc1.O=C(Nc1cccnc1)N1CCN(C2c3ccc(Cl)cc3CCc3cccnc32)CC1. The molecule has 6 aromatic rings. The van der Waals surface area contributed by atoms with Gasteiger partial charge in [0.2, 0.25) is 0 Å². The number of anilines is 2. The predicted octanol–water partition coefficient (Wildman–Crippen LogP) is 8.36. The van der Waals surface area contributed by atoms with E-state index >= 15 is 0 Å². The summed E-state index contributed by atoms with van der Waals surface area (Å²) in [5.41, 5.74) is 11.5. The number of fused-ring (bicyclic) bond motifs is 4. The maximum absolute atomic E-state index is 13.0. The van der Waals surface area contributed by atoms with Crippen molar-refractivity contribution >= 4 is 46.6 Å². The second-order valence-electron chi connectivity index (χ2n) is 16.4. The van der Waals surface area contributed by atoms with Crippen LogP contribution in [0.2, 0.25) is 10.0 Å². The minimum absolute atomic E-state index is 0.00391. The fourth-order valence-corrected chi connectivity index (χ4v) is 9.76. The number of benzene rings is 2. The number of nitrogens with zero attached hydrogens (tertiary/aromatic N) is 9. The Labute approximate surface area is 378 Å². The van der Waals surface area contributed by atoms with Gasteiger partial charge in [0.15, 0.2) is 0 Å². The number of rotatable bonds is 4.